The molecule has 5 heteroatoms. The molecule has 0 atom stereocenters. The number of allylic oxidation sites excluding steroid dienone is 3. The van der Waals surface area contributed by atoms with E-state index >= 15 is 0 Å². The van der Waals surface area contributed by atoms with Gasteiger partial charge in [-0.25, -0.2) is 0 Å². The Hall–Kier alpha value is -2.27. The summed E-state index contributed by atoms with van der Waals surface area (Å²) in [5, 5.41) is 17.0. The van der Waals surface area contributed by atoms with Crippen molar-refractivity contribution in [3.8, 4) is 12.1 Å². The fourth-order valence-electron chi connectivity index (χ4n) is 1.01. The Morgan fingerprint density at radius 1 is 1.41 bits per heavy atom. The molecule has 0 aliphatic heterocycles. The molecule has 0 bridgehead atoms. The molecule has 0 aromatic carbocycles. The number of nitrogens with zero attached hydrogens (tertiary/aromatic N) is 3. The fourth-order valence-corrected chi connectivity index (χ4v) is 1.01. The van der Waals surface area contributed by atoms with Crippen LogP contribution in [0.5, 0.6) is 0 Å². The van der Waals surface area contributed by atoms with Crippen molar-refractivity contribution in [2.45, 2.75) is 13.8 Å². The monoisotopic (exact) mass is 233 g/mol. The minimum Gasteiger partial charge on any atom is -0.464 e. The molecule has 0 rings (SSSR count). The summed E-state index contributed by atoms with van der Waals surface area (Å²) in [7, 11) is 0. The van der Waals surface area contributed by atoms with Gasteiger partial charge in [0, 0.05) is 13.5 Å². The first-order chi connectivity index (χ1) is 8.13. The topological polar surface area (TPSA) is 77.1 Å². The molecule has 0 amide bonds. The largest absolute Gasteiger partial charge is 0.464 e. The van der Waals surface area contributed by atoms with Gasteiger partial charge in [0.2, 0.25) is 0 Å². The standard InChI is InChI=1S/C12H15N3O2/c1-3-15(7-8-17-11(2)16)6-4-5-12(9-13)10-14/h4-6H,3,7-8H2,1-2H3. The molecule has 0 aromatic heterocycles. The van der Waals surface area contributed by atoms with Crippen molar-refractivity contribution < 1.29 is 9.53 Å². The van der Waals surface area contributed by atoms with Gasteiger partial charge in [0.05, 0.1) is 6.54 Å². The van der Waals surface area contributed by atoms with Crippen LogP contribution in [0.15, 0.2) is 23.9 Å². The molecule has 0 N–H and O–H groups in total. The van der Waals surface area contributed by atoms with E-state index in [1.807, 2.05) is 11.8 Å². The van der Waals surface area contributed by atoms with Crippen LogP contribution in [-0.4, -0.2) is 30.6 Å². The zero-order chi connectivity index (χ0) is 13.1. The van der Waals surface area contributed by atoms with Crippen LogP contribution in [-0.2, 0) is 9.53 Å². The third-order valence-corrected chi connectivity index (χ3v) is 1.89. The lowest BCUT2D eigenvalue weighted by Crippen LogP contribution is -2.22. The average molecular weight is 233 g/mol. The number of hydrogen-bond donors (Lipinski definition) is 0. The minimum absolute atomic E-state index is 0.0530. The summed E-state index contributed by atoms with van der Waals surface area (Å²) in [4.78, 5) is 12.5. The maximum Gasteiger partial charge on any atom is 0.302 e. The van der Waals surface area contributed by atoms with E-state index in [0.29, 0.717) is 13.2 Å². The molecule has 0 aliphatic rings. The van der Waals surface area contributed by atoms with Gasteiger partial charge in [-0.2, -0.15) is 10.5 Å². The van der Waals surface area contributed by atoms with Gasteiger partial charge in [0.25, 0.3) is 0 Å². The fraction of sp³-hybridized carbons (Fsp3) is 0.417. The van der Waals surface area contributed by atoms with Crippen LogP contribution in [0.4, 0.5) is 0 Å². The minimum atomic E-state index is -0.304. The van der Waals surface area contributed by atoms with Crippen LogP contribution < -0.4 is 0 Å². The Morgan fingerprint density at radius 3 is 2.53 bits per heavy atom. The van der Waals surface area contributed by atoms with Crippen molar-refractivity contribution in [3.05, 3.63) is 23.9 Å². The highest BCUT2D eigenvalue weighted by molar-refractivity contribution is 5.65. The van der Waals surface area contributed by atoms with Crippen LogP contribution in [0.2, 0.25) is 0 Å². The van der Waals surface area contributed by atoms with E-state index < -0.39 is 0 Å². The molecular formula is C12H15N3O2. The number of hydrogen-bond acceptors (Lipinski definition) is 5. The summed E-state index contributed by atoms with van der Waals surface area (Å²) in [6.45, 7) is 4.97. The molecular weight excluding hydrogens is 218 g/mol. The van der Waals surface area contributed by atoms with Crippen molar-refractivity contribution in [2.75, 3.05) is 19.7 Å². The second kappa shape index (κ2) is 8.99. The third kappa shape index (κ3) is 7.64. The summed E-state index contributed by atoms with van der Waals surface area (Å²) < 4.78 is 4.81. The van der Waals surface area contributed by atoms with Crippen LogP contribution in [0.3, 0.4) is 0 Å². The van der Waals surface area contributed by atoms with Crippen molar-refractivity contribution in [2.24, 2.45) is 0 Å². The van der Waals surface area contributed by atoms with Gasteiger partial charge in [-0.05, 0) is 25.3 Å². The summed E-state index contributed by atoms with van der Waals surface area (Å²) in [5.74, 6) is -0.304. The van der Waals surface area contributed by atoms with Gasteiger partial charge in [0.15, 0.2) is 0 Å². The molecule has 0 saturated carbocycles. The number of nitriles is 2. The zero-order valence-electron chi connectivity index (χ0n) is 10.0. The molecule has 0 fully saturated rings. The zero-order valence-corrected chi connectivity index (χ0v) is 10.0. The Morgan fingerprint density at radius 2 is 2.06 bits per heavy atom. The SMILES string of the molecule is CCN(C=CC=C(C#N)C#N)CCOC(C)=O. The molecule has 0 spiro atoms. The first-order valence-corrected chi connectivity index (χ1v) is 5.20. The second-order valence-electron chi connectivity index (χ2n) is 3.11. The lowest BCUT2D eigenvalue weighted by molar-refractivity contribution is -0.141. The molecule has 0 unspecified atom stereocenters. The highest BCUT2D eigenvalue weighted by atomic mass is 16.5. The van der Waals surface area contributed by atoms with Crippen molar-refractivity contribution in [1.82, 2.24) is 4.90 Å². The molecule has 5 nitrogen and oxygen atoms in total. The number of likely N-dealkylation sites (N-methyl/N-ethyl adjacent to an activating group) is 1. The van der Waals surface area contributed by atoms with Crippen molar-refractivity contribution in [1.29, 1.82) is 10.5 Å². The molecule has 90 valence electrons. The van der Waals surface area contributed by atoms with E-state index in [0.717, 1.165) is 6.54 Å². The van der Waals surface area contributed by atoms with Gasteiger partial charge in [-0.3, -0.25) is 4.79 Å². The second-order valence-corrected chi connectivity index (χ2v) is 3.11. The summed E-state index contributed by atoms with van der Waals surface area (Å²) in [6, 6.07) is 3.52. The highest BCUT2D eigenvalue weighted by Crippen LogP contribution is 1.94. The lowest BCUT2D eigenvalue weighted by Gasteiger charge is -2.17. The van der Waals surface area contributed by atoms with E-state index in [4.69, 9.17) is 15.3 Å². The Bertz CT molecular complexity index is 370. The normalized spacial score (nSPS) is 9.18. The summed E-state index contributed by atoms with van der Waals surface area (Å²) >= 11 is 0. The lowest BCUT2D eigenvalue weighted by atomic mass is 10.3. The first-order valence-electron chi connectivity index (χ1n) is 5.20. The van der Waals surface area contributed by atoms with Gasteiger partial charge < -0.3 is 9.64 Å². The van der Waals surface area contributed by atoms with Gasteiger partial charge in [-0.1, -0.05) is 0 Å². The quantitative estimate of drug-likeness (QED) is 0.393. The molecule has 0 radical (unpaired) electrons. The number of esters is 1. The number of ether oxygens (including phenoxy) is 1. The molecule has 0 aromatic rings. The van der Waals surface area contributed by atoms with Crippen molar-refractivity contribution in [3.63, 3.8) is 0 Å². The maximum absolute atomic E-state index is 10.6. The highest BCUT2D eigenvalue weighted by Gasteiger charge is 1.97. The summed E-state index contributed by atoms with van der Waals surface area (Å²) in [6.07, 6.45) is 4.81. The van der Waals surface area contributed by atoms with Crippen LogP contribution >= 0.6 is 0 Å². The van der Waals surface area contributed by atoms with Gasteiger partial charge in [0.1, 0.15) is 24.3 Å². The molecule has 17 heavy (non-hydrogen) atoms. The number of rotatable bonds is 6. The molecule has 0 heterocycles. The number of carbonyl (C=O) groups is 1. The average Bonchev–Trinajstić information content (AvgIpc) is 2.32. The third-order valence-electron chi connectivity index (χ3n) is 1.89. The van der Waals surface area contributed by atoms with Crippen LogP contribution in [0, 0.1) is 22.7 Å². The van der Waals surface area contributed by atoms with E-state index in [1.54, 1.807) is 24.4 Å². The Balaban J connectivity index is 4.18. The van der Waals surface area contributed by atoms with E-state index in [-0.39, 0.29) is 11.5 Å². The molecule has 0 saturated heterocycles. The smallest absolute Gasteiger partial charge is 0.302 e. The Labute approximate surface area is 101 Å². The first kappa shape index (κ1) is 14.7. The Kier molecular flexibility index (Phi) is 7.79. The predicted molar refractivity (Wildman–Crippen MR) is 62.3 cm³/mol. The van der Waals surface area contributed by atoms with E-state index in [9.17, 15) is 4.79 Å². The molecule has 0 aliphatic carbocycles. The van der Waals surface area contributed by atoms with Gasteiger partial charge in [-0.15, -0.1) is 0 Å². The maximum atomic E-state index is 10.6. The van der Waals surface area contributed by atoms with Crippen LogP contribution in [0.25, 0.3) is 0 Å². The van der Waals surface area contributed by atoms with Crippen LogP contribution in [0.1, 0.15) is 13.8 Å². The van der Waals surface area contributed by atoms with Crippen molar-refractivity contribution >= 4 is 5.97 Å². The predicted octanol–water partition coefficient (Wildman–Crippen LogP) is 1.36. The summed E-state index contributed by atoms with van der Waals surface area (Å²) in [5.41, 5.74) is 0.0530. The van der Waals surface area contributed by atoms with E-state index in [2.05, 4.69) is 0 Å². The number of carbonyl (C=O) groups excluding carboxylic acids is 1. The van der Waals surface area contributed by atoms with Gasteiger partial charge >= 0.3 is 5.97 Å². The van der Waals surface area contributed by atoms with E-state index in [1.165, 1.54) is 13.0 Å².